The van der Waals surface area contributed by atoms with Gasteiger partial charge in [-0.3, -0.25) is 4.18 Å². The summed E-state index contributed by atoms with van der Waals surface area (Å²) in [6, 6.07) is 0. The van der Waals surface area contributed by atoms with Gasteiger partial charge in [0.15, 0.2) is 5.79 Å². The third-order valence-electron chi connectivity index (χ3n) is 4.93. The van der Waals surface area contributed by atoms with E-state index in [2.05, 4.69) is 13.8 Å². The van der Waals surface area contributed by atoms with Crippen molar-refractivity contribution in [2.24, 2.45) is 17.3 Å². The van der Waals surface area contributed by atoms with E-state index in [1.54, 1.807) is 0 Å². The van der Waals surface area contributed by atoms with Crippen LogP contribution in [0.1, 0.15) is 26.7 Å². The number of rotatable bonds is 2. The van der Waals surface area contributed by atoms with Crippen molar-refractivity contribution in [3.05, 3.63) is 0 Å². The van der Waals surface area contributed by atoms with Gasteiger partial charge in [0.2, 0.25) is 0 Å². The Morgan fingerprint density at radius 1 is 1.17 bits per heavy atom. The molecule has 0 amide bonds. The second-order valence-electron chi connectivity index (χ2n) is 6.25. The van der Waals surface area contributed by atoms with E-state index in [0.29, 0.717) is 25.6 Å². The van der Waals surface area contributed by atoms with Gasteiger partial charge in [0.25, 0.3) is 10.1 Å². The molecule has 2 bridgehead atoms. The Balaban J connectivity index is 1.92. The second kappa shape index (κ2) is 3.69. The third kappa shape index (κ3) is 1.66. The first kappa shape index (κ1) is 12.8. The van der Waals surface area contributed by atoms with Crippen LogP contribution in [0.15, 0.2) is 0 Å². The Hall–Kier alpha value is -0.170. The van der Waals surface area contributed by atoms with Gasteiger partial charge in [-0.1, -0.05) is 13.8 Å². The fourth-order valence-electron chi connectivity index (χ4n) is 3.89. The normalized spacial score (nSPS) is 40.7. The highest BCUT2D eigenvalue weighted by atomic mass is 32.2. The minimum atomic E-state index is -3.49. The van der Waals surface area contributed by atoms with Crippen LogP contribution in [0.25, 0.3) is 0 Å². The van der Waals surface area contributed by atoms with Crippen LogP contribution in [-0.2, 0) is 23.8 Å². The monoisotopic (exact) mass is 276 g/mol. The first-order chi connectivity index (χ1) is 8.26. The molecule has 4 rings (SSSR count). The lowest BCUT2D eigenvalue weighted by Crippen LogP contribution is -2.68. The fourth-order valence-corrected chi connectivity index (χ4v) is 4.53. The Morgan fingerprint density at radius 2 is 1.78 bits per heavy atom. The molecular formula is C12H20O5S. The zero-order valence-corrected chi connectivity index (χ0v) is 11.8. The maximum Gasteiger partial charge on any atom is 0.264 e. The molecule has 0 N–H and O–H groups in total. The highest BCUT2D eigenvalue weighted by molar-refractivity contribution is 7.86. The van der Waals surface area contributed by atoms with E-state index in [4.69, 9.17) is 13.7 Å². The van der Waals surface area contributed by atoms with Gasteiger partial charge >= 0.3 is 0 Å². The van der Waals surface area contributed by atoms with E-state index in [1.165, 1.54) is 0 Å². The van der Waals surface area contributed by atoms with Gasteiger partial charge in [-0.05, 0) is 24.2 Å². The van der Waals surface area contributed by atoms with E-state index in [0.717, 1.165) is 12.7 Å². The van der Waals surface area contributed by atoms with Gasteiger partial charge in [0.1, 0.15) is 6.10 Å². The molecule has 104 valence electrons. The summed E-state index contributed by atoms with van der Waals surface area (Å²) >= 11 is 0. The van der Waals surface area contributed by atoms with Crippen LogP contribution in [-0.4, -0.2) is 39.8 Å². The molecule has 3 saturated carbocycles. The molecule has 0 radical (unpaired) electrons. The highest BCUT2D eigenvalue weighted by Crippen LogP contribution is 2.65. The molecular weight excluding hydrogens is 256 g/mol. The van der Waals surface area contributed by atoms with E-state index in [1.807, 2.05) is 0 Å². The summed E-state index contributed by atoms with van der Waals surface area (Å²) < 4.78 is 39.6. The van der Waals surface area contributed by atoms with Crippen molar-refractivity contribution in [3.63, 3.8) is 0 Å². The van der Waals surface area contributed by atoms with Crippen molar-refractivity contribution in [1.82, 2.24) is 0 Å². The minimum absolute atomic E-state index is 0.141. The lowest BCUT2D eigenvalue weighted by Gasteiger charge is -2.64. The summed E-state index contributed by atoms with van der Waals surface area (Å²) in [4.78, 5) is 0. The van der Waals surface area contributed by atoms with E-state index < -0.39 is 22.0 Å². The highest BCUT2D eigenvalue weighted by Gasteiger charge is 2.69. The summed E-state index contributed by atoms with van der Waals surface area (Å²) in [7, 11) is -3.49. The van der Waals surface area contributed by atoms with Gasteiger partial charge in [0, 0.05) is 5.92 Å². The quantitative estimate of drug-likeness (QED) is 0.708. The van der Waals surface area contributed by atoms with Gasteiger partial charge in [-0.15, -0.1) is 0 Å². The molecule has 3 unspecified atom stereocenters. The lowest BCUT2D eigenvalue weighted by atomic mass is 9.46. The molecule has 0 aromatic carbocycles. The van der Waals surface area contributed by atoms with Crippen LogP contribution >= 0.6 is 0 Å². The molecule has 3 aliphatic carbocycles. The third-order valence-corrected chi connectivity index (χ3v) is 5.52. The van der Waals surface area contributed by atoms with Crippen LogP contribution in [0, 0.1) is 17.3 Å². The predicted octanol–water partition coefficient (Wildman–Crippen LogP) is 1.14. The van der Waals surface area contributed by atoms with Crippen molar-refractivity contribution in [1.29, 1.82) is 0 Å². The van der Waals surface area contributed by atoms with Crippen molar-refractivity contribution >= 4 is 10.1 Å². The molecule has 1 spiro atoms. The van der Waals surface area contributed by atoms with E-state index in [9.17, 15) is 8.42 Å². The number of ether oxygens (including phenoxy) is 2. The number of hydrogen-bond acceptors (Lipinski definition) is 5. The van der Waals surface area contributed by atoms with Crippen LogP contribution < -0.4 is 0 Å². The molecule has 4 fully saturated rings. The fraction of sp³-hybridized carbons (Fsp3) is 1.00. The van der Waals surface area contributed by atoms with Crippen molar-refractivity contribution in [2.75, 3.05) is 19.5 Å². The molecule has 3 atom stereocenters. The van der Waals surface area contributed by atoms with Crippen molar-refractivity contribution < 1.29 is 22.1 Å². The van der Waals surface area contributed by atoms with Crippen LogP contribution in [0.4, 0.5) is 0 Å². The molecule has 4 aliphatic rings. The van der Waals surface area contributed by atoms with Crippen LogP contribution in [0.2, 0.25) is 0 Å². The molecule has 1 heterocycles. The van der Waals surface area contributed by atoms with Crippen LogP contribution in [0.3, 0.4) is 0 Å². The summed E-state index contributed by atoms with van der Waals surface area (Å²) in [5.74, 6) is -0.132. The first-order valence-corrected chi connectivity index (χ1v) is 8.23. The predicted molar refractivity (Wildman–Crippen MR) is 64.3 cm³/mol. The summed E-state index contributed by atoms with van der Waals surface area (Å²) in [6.45, 7) is 5.44. The summed E-state index contributed by atoms with van der Waals surface area (Å²) in [5.41, 5.74) is 0.141. The van der Waals surface area contributed by atoms with Gasteiger partial charge < -0.3 is 9.47 Å². The topological polar surface area (TPSA) is 61.8 Å². The van der Waals surface area contributed by atoms with Gasteiger partial charge in [-0.2, -0.15) is 8.42 Å². The smallest absolute Gasteiger partial charge is 0.264 e. The Morgan fingerprint density at radius 3 is 2.28 bits per heavy atom. The first-order valence-electron chi connectivity index (χ1n) is 6.42. The molecule has 6 heteroatoms. The van der Waals surface area contributed by atoms with Crippen molar-refractivity contribution in [3.8, 4) is 0 Å². The molecule has 0 aromatic rings. The molecule has 18 heavy (non-hydrogen) atoms. The average Bonchev–Trinajstić information content (AvgIpc) is 2.68. The Labute approximate surface area is 108 Å². The maximum atomic E-state index is 11.4. The molecule has 1 saturated heterocycles. The standard InChI is InChI=1S/C12H20O5S/c1-11(2)8-6-9(11)12(15-4-5-16-12)10(7-8)17-18(3,13)14/h8-10H,4-7H2,1-3H3. The number of fused-ring (bicyclic) bond motifs is 1. The molecule has 0 aromatic heterocycles. The largest absolute Gasteiger partial charge is 0.345 e. The molecule has 1 aliphatic heterocycles. The Kier molecular flexibility index (Phi) is 2.63. The SMILES string of the molecule is CC1(C)C2CC(OS(C)(=O)=O)C3(OCCO3)C1C2. The average molecular weight is 276 g/mol. The summed E-state index contributed by atoms with van der Waals surface area (Å²) in [6.07, 6.45) is 2.32. The maximum absolute atomic E-state index is 11.4. The van der Waals surface area contributed by atoms with Crippen molar-refractivity contribution in [2.45, 2.75) is 38.6 Å². The zero-order chi connectivity index (χ0) is 13.2. The zero-order valence-electron chi connectivity index (χ0n) is 11.0. The molecule has 5 nitrogen and oxygen atoms in total. The summed E-state index contributed by atoms with van der Waals surface area (Å²) in [5, 5.41) is 0. The second-order valence-corrected chi connectivity index (χ2v) is 7.85. The van der Waals surface area contributed by atoms with Gasteiger partial charge in [-0.25, -0.2) is 0 Å². The van der Waals surface area contributed by atoms with E-state index >= 15 is 0 Å². The Bertz CT molecular complexity index is 449. The minimum Gasteiger partial charge on any atom is -0.345 e. The number of hydrogen-bond donors (Lipinski definition) is 0. The lowest BCUT2D eigenvalue weighted by molar-refractivity contribution is -0.334. The van der Waals surface area contributed by atoms with E-state index in [-0.39, 0.29) is 11.3 Å². The van der Waals surface area contributed by atoms with Gasteiger partial charge in [0.05, 0.1) is 19.5 Å². The van der Waals surface area contributed by atoms with Crippen LogP contribution in [0.5, 0.6) is 0 Å².